The van der Waals surface area contributed by atoms with Crippen LogP contribution in [0.15, 0.2) is 0 Å². The lowest BCUT2D eigenvalue weighted by Gasteiger charge is -2.36. The minimum absolute atomic E-state index is 0.0248. The molecule has 0 aliphatic heterocycles. The zero-order chi connectivity index (χ0) is 18.2. The third kappa shape index (κ3) is 7.18. The Labute approximate surface area is 159 Å². The van der Waals surface area contributed by atoms with Crippen molar-refractivity contribution < 1.29 is 13.6 Å². The van der Waals surface area contributed by atoms with Gasteiger partial charge in [-0.25, -0.2) is 0 Å². The second-order valence-electron chi connectivity index (χ2n) is 8.53. The molecule has 3 radical (unpaired) electrons. The summed E-state index contributed by atoms with van der Waals surface area (Å²) in [5, 5.41) is 0. The Balaban J connectivity index is 1.91. The highest BCUT2D eigenvalue weighted by Gasteiger charge is 2.39. The summed E-state index contributed by atoms with van der Waals surface area (Å²) in [6.45, 7) is 8.48. The van der Waals surface area contributed by atoms with E-state index in [1.165, 1.54) is 57.8 Å². The van der Waals surface area contributed by atoms with E-state index in [1.54, 1.807) is 0 Å². The molecule has 2 saturated carbocycles. The highest BCUT2D eigenvalue weighted by atomic mass is 28.3. The maximum atomic E-state index is 12.7. The summed E-state index contributed by atoms with van der Waals surface area (Å²) in [5.41, 5.74) is 1.39. The van der Waals surface area contributed by atoms with Gasteiger partial charge in [0.15, 0.2) is 0 Å². The van der Waals surface area contributed by atoms with E-state index in [2.05, 4.69) is 6.92 Å². The predicted octanol–water partition coefficient (Wildman–Crippen LogP) is 5.53. The molecule has 0 aromatic heterocycles. The molecular formula is C20H37O3Si2. The van der Waals surface area contributed by atoms with Gasteiger partial charge in [-0.3, -0.25) is 4.79 Å². The number of carbonyl (C=O) groups is 1. The molecule has 2 fully saturated rings. The van der Waals surface area contributed by atoms with E-state index in [0.29, 0.717) is 20.8 Å². The number of hydrogen-bond donors (Lipinski definition) is 0. The summed E-state index contributed by atoms with van der Waals surface area (Å²) < 4.78 is 11.9. The second kappa shape index (κ2) is 10.9. The molecule has 0 aromatic rings. The van der Waals surface area contributed by atoms with Crippen molar-refractivity contribution in [1.29, 1.82) is 0 Å². The molecule has 0 bridgehead atoms. The maximum absolute atomic E-state index is 12.7. The maximum Gasteiger partial charge on any atom is 0.295 e. The van der Waals surface area contributed by atoms with Crippen LogP contribution in [0.2, 0.25) is 17.1 Å². The molecule has 0 amide bonds. The van der Waals surface area contributed by atoms with Gasteiger partial charge in [0.2, 0.25) is 9.76 Å². The summed E-state index contributed by atoms with van der Waals surface area (Å²) in [6, 6.07) is 0.804. The van der Waals surface area contributed by atoms with Gasteiger partial charge in [-0.05, 0) is 62.6 Å². The van der Waals surface area contributed by atoms with Crippen molar-refractivity contribution in [3.8, 4) is 0 Å². The van der Waals surface area contributed by atoms with E-state index >= 15 is 0 Å². The largest absolute Gasteiger partial charge is 0.517 e. The molecule has 3 nitrogen and oxygen atoms in total. The minimum Gasteiger partial charge on any atom is -0.517 e. The van der Waals surface area contributed by atoms with Gasteiger partial charge < -0.3 is 8.85 Å². The molecule has 5 heteroatoms. The molecular weight excluding hydrogens is 344 g/mol. The van der Waals surface area contributed by atoms with Crippen molar-refractivity contribution in [2.75, 3.05) is 0 Å². The lowest BCUT2D eigenvalue weighted by molar-refractivity contribution is -0.138. The van der Waals surface area contributed by atoms with E-state index in [0.717, 1.165) is 12.0 Å². The Hall–Kier alpha value is -0.136. The molecule has 143 valence electrons. The Morgan fingerprint density at radius 2 is 1.60 bits per heavy atom. The van der Waals surface area contributed by atoms with Crippen LogP contribution >= 0.6 is 0 Å². The Bertz CT molecular complexity index is 388. The molecule has 0 heterocycles. The predicted molar refractivity (Wildman–Crippen MR) is 106 cm³/mol. The average Bonchev–Trinajstić information content (AvgIpc) is 2.60. The average molecular weight is 382 g/mol. The first-order valence-corrected chi connectivity index (χ1v) is 13.1. The first-order chi connectivity index (χ1) is 12.0. The van der Waals surface area contributed by atoms with E-state index in [1.807, 2.05) is 20.8 Å². The van der Waals surface area contributed by atoms with Gasteiger partial charge in [-0.2, -0.15) is 0 Å². The smallest absolute Gasteiger partial charge is 0.295 e. The molecule has 0 spiro atoms. The number of carbonyl (C=O) groups excluding carboxylic acids is 1. The highest BCUT2D eigenvalue weighted by Crippen LogP contribution is 2.43. The van der Waals surface area contributed by atoms with Gasteiger partial charge in [-0.15, -0.1) is 0 Å². The summed E-state index contributed by atoms with van der Waals surface area (Å²) in [6.07, 6.45) is 12.1. The summed E-state index contributed by atoms with van der Waals surface area (Å²) in [5.74, 6) is 0.885. The van der Waals surface area contributed by atoms with Crippen molar-refractivity contribution in [2.24, 2.45) is 11.8 Å². The zero-order valence-corrected chi connectivity index (χ0v) is 18.7. The fourth-order valence-electron chi connectivity index (χ4n) is 4.07. The quantitative estimate of drug-likeness (QED) is 0.518. The van der Waals surface area contributed by atoms with Crippen LogP contribution in [0.4, 0.5) is 0 Å². The SMILES string of the molecule is CC1CCC([Si](OC(=O)C(C)C[Si]OC(C)C)C2CCCCC2)CC1. The van der Waals surface area contributed by atoms with Crippen molar-refractivity contribution in [2.45, 2.75) is 109 Å². The fourth-order valence-corrected chi connectivity index (χ4v) is 8.23. The topological polar surface area (TPSA) is 35.5 Å². The van der Waals surface area contributed by atoms with Crippen molar-refractivity contribution in [1.82, 2.24) is 0 Å². The number of rotatable bonds is 8. The molecule has 0 saturated heterocycles. The highest BCUT2D eigenvalue weighted by molar-refractivity contribution is 6.57. The molecule has 1 unspecified atom stereocenters. The van der Waals surface area contributed by atoms with E-state index in [-0.39, 0.29) is 18.0 Å². The van der Waals surface area contributed by atoms with Gasteiger partial charge in [0, 0.05) is 6.10 Å². The third-order valence-electron chi connectivity index (χ3n) is 5.76. The third-order valence-corrected chi connectivity index (χ3v) is 10.4. The van der Waals surface area contributed by atoms with Crippen LogP contribution < -0.4 is 0 Å². The zero-order valence-electron chi connectivity index (χ0n) is 16.7. The molecule has 0 N–H and O–H groups in total. The van der Waals surface area contributed by atoms with Crippen LogP contribution in [0.1, 0.15) is 85.5 Å². The first kappa shape index (κ1) is 21.2. The standard InChI is InChI=1S/C20H37O3Si2/c1-15(2)22-24-14-17(4)20(21)23-25(18-8-6-5-7-9-18)19-12-10-16(3)11-13-19/h15-19H,5-14H2,1-4H3. The molecule has 2 rings (SSSR count). The fraction of sp³-hybridized carbons (Fsp3) is 0.950. The summed E-state index contributed by atoms with van der Waals surface area (Å²) in [7, 11) is -0.639. The van der Waals surface area contributed by atoms with Crippen LogP contribution in [0, 0.1) is 11.8 Å². The van der Waals surface area contributed by atoms with Gasteiger partial charge in [0.25, 0.3) is 15.0 Å². The monoisotopic (exact) mass is 381 g/mol. The minimum atomic E-state index is -1.04. The van der Waals surface area contributed by atoms with Crippen molar-refractivity contribution in [3.05, 3.63) is 0 Å². The van der Waals surface area contributed by atoms with E-state index in [9.17, 15) is 4.79 Å². The lowest BCUT2D eigenvalue weighted by atomic mass is 9.90. The van der Waals surface area contributed by atoms with Crippen molar-refractivity contribution in [3.63, 3.8) is 0 Å². The lowest BCUT2D eigenvalue weighted by Crippen LogP contribution is -2.37. The molecule has 25 heavy (non-hydrogen) atoms. The van der Waals surface area contributed by atoms with Crippen LogP contribution in [0.3, 0.4) is 0 Å². The Kier molecular flexibility index (Phi) is 9.21. The van der Waals surface area contributed by atoms with Gasteiger partial charge in [0.1, 0.15) is 0 Å². The van der Waals surface area contributed by atoms with Crippen LogP contribution in [0.25, 0.3) is 0 Å². The van der Waals surface area contributed by atoms with Gasteiger partial charge in [0.05, 0.1) is 5.92 Å². The summed E-state index contributed by atoms with van der Waals surface area (Å²) >= 11 is 0. The number of hydrogen-bond acceptors (Lipinski definition) is 3. The Morgan fingerprint density at radius 1 is 1.00 bits per heavy atom. The van der Waals surface area contributed by atoms with Gasteiger partial charge >= 0.3 is 0 Å². The molecule has 2 aliphatic carbocycles. The second-order valence-corrected chi connectivity index (χ2v) is 12.1. The van der Waals surface area contributed by atoms with Crippen LogP contribution in [0.5, 0.6) is 0 Å². The van der Waals surface area contributed by atoms with Crippen LogP contribution in [-0.4, -0.2) is 30.9 Å². The molecule has 2 aliphatic rings. The first-order valence-electron chi connectivity index (χ1n) is 10.4. The van der Waals surface area contributed by atoms with E-state index in [4.69, 9.17) is 8.85 Å². The van der Waals surface area contributed by atoms with Crippen molar-refractivity contribution >= 4 is 24.8 Å². The normalized spacial score (nSPS) is 26.8. The van der Waals surface area contributed by atoms with Crippen LogP contribution in [-0.2, 0) is 13.6 Å². The van der Waals surface area contributed by atoms with Gasteiger partial charge in [-0.1, -0.05) is 46.0 Å². The van der Waals surface area contributed by atoms with E-state index < -0.39 is 9.04 Å². The molecule has 0 aromatic carbocycles. The Morgan fingerprint density at radius 3 is 2.20 bits per heavy atom. The molecule has 1 atom stereocenters. The summed E-state index contributed by atoms with van der Waals surface area (Å²) in [4.78, 5) is 12.7.